The molecule has 0 N–H and O–H groups in total. The van der Waals surface area contributed by atoms with Crippen molar-refractivity contribution in [1.82, 2.24) is 0 Å². The van der Waals surface area contributed by atoms with Crippen LogP contribution in [-0.4, -0.2) is 6.29 Å². The summed E-state index contributed by atoms with van der Waals surface area (Å²) in [6, 6.07) is 6.65. The van der Waals surface area contributed by atoms with Crippen LogP contribution in [0.15, 0.2) is 65.8 Å². The van der Waals surface area contributed by atoms with E-state index in [0.717, 1.165) is 35.0 Å². The fourth-order valence-electron chi connectivity index (χ4n) is 4.38. The fourth-order valence-corrected chi connectivity index (χ4v) is 4.38. The molecule has 0 bridgehead atoms. The zero-order valence-electron chi connectivity index (χ0n) is 19.6. The molecule has 0 heterocycles. The van der Waals surface area contributed by atoms with Gasteiger partial charge >= 0.3 is 0 Å². The summed E-state index contributed by atoms with van der Waals surface area (Å²) in [5.74, 6) is 0.667. The molecule has 160 valence electrons. The van der Waals surface area contributed by atoms with Gasteiger partial charge in [0, 0.05) is 0 Å². The minimum atomic E-state index is 0.667. The van der Waals surface area contributed by atoms with E-state index < -0.39 is 0 Å². The Kier molecular flexibility index (Phi) is 9.30. The minimum absolute atomic E-state index is 0.667. The SMILES string of the molecule is C=C\C=C/C(=C(\C)CC)C(=C(/C)C=O)/c1cc(C)ccc1/C(C)=C\C1CCCCC1. The number of aldehydes is 1. The van der Waals surface area contributed by atoms with E-state index in [1.54, 1.807) is 6.08 Å². The first-order chi connectivity index (χ1) is 14.4. The molecule has 0 amide bonds. The second kappa shape index (κ2) is 11.7. The first-order valence-corrected chi connectivity index (χ1v) is 11.4. The van der Waals surface area contributed by atoms with Crippen LogP contribution in [0.4, 0.5) is 0 Å². The smallest absolute Gasteiger partial charge is 0.146 e. The van der Waals surface area contributed by atoms with Gasteiger partial charge in [-0.15, -0.1) is 0 Å². The Bertz CT molecular complexity index is 883. The maximum atomic E-state index is 12.0. The van der Waals surface area contributed by atoms with Crippen molar-refractivity contribution in [2.45, 2.75) is 73.1 Å². The number of hydrogen-bond acceptors (Lipinski definition) is 1. The van der Waals surface area contributed by atoms with E-state index >= 15 is 0 Å². The quantitative estimate of drug-likeness (QED) is 0.242. The highest BCUT2D eigenvalue weighted by atomic mass is 16.1. The van der Waals surface area contributed by atoms with Gasteiger partial charge in [-0.2, -0.15) is 0 Å². The second-order valence-electron chi connectivity index (χ2n) is 8.62. The molecule has 0 spiro atoms. The monoisotopic (exact) mass is 402 g/mol. The van der Waals surface area contributed by atoms with Gasteiger partial charge in [0.25, 0.3) is 0 Å². The Labute approximate surface area is 184 Å². The van der Waals surface area contributed by atoms with E-state index in [9.17, 15) is 4.79 Å². The summed E-state index contributed by atoms with van der Waals surface area (Å²) in [6.07, 6.45) is 16.9. The Morgan fingerprint density at radius 3 is 2.40 bits per heavy atom. The van der Waals surface area contributed by atoms with Gasteiger partial charge < -0.3 is 0 Å². The van der Waals surface area contributed by atoms with Gasteiger partial charge in [0.2, 0.25) is 0 Å². The fraction of sp³-hybridized carbons (Fsp3) is 0.414. The first kappa shape index (κ1) is 23.9. The highest BCUT2D eigenvalue weighted by Gasteiger charge is 2.18. The summed E-state index contributed by atoms with van der Waals surface area (Å²) in [5, 5.41) is 0. The van der Waals surface area contributed by atoms with Gasteiger partial charge in [-0.1, -0.05) is 86.4 Å². The molecule has 0 aromatic heterocycles. The highest BCUT2D eigenvalue weighted by molar-refractivity contribution is 5.98. The Hall–Kier alpha value is -2.41. The number of hydrogen-bond donors (Lipinski definition) is 0. The molecule has 0 aliphatic heterocycles. The van der Waals surface area contributed by atoms with Crippen LogP contribution in [0, 0.1) is 12.8 Å². The summed E-state index contributed by atoms with van der Waals surface area (Å²) in [7, 11) is 0. The van der Waals surface area contributed by atoms with E-state index in [4.69, 9.17) is 0 Å². The zero-order valence-corrected chi connectivity index (χ0v) is 19.6. The topological polar surface area (TPSA) is 17.1 Å². The van der Waals surface area contributed by atoms with Crippen LogP contribution in [0.25, 0.3) is 11.1 Å². The molecule has 0 saturated heterocycles. The first-order valence-electron chi connectivity index (χ1n) is 11.4. The van der Waals surface area contributed by atoms with Gasteiger partial charge in [-0.05, 0) is 86.3 Å². The Morgan fingerprint density at radius 1 is 1.10 bits per heavy atom. The van der Waals surface area contributed by atoms with E-state index in [2.05, 4.69) is 64.6 Å². The number of carbonyl (C=O) groups excluding carboxylic acids is 1. The molecular formula is C29H38O. The number of allylic oxidation sites excluding steroid dienone is 9. The van der Waals surface area contributed by atoms with E-state index in [1.165, 1.54) is 54.4 Å². The van der Waals surface area contributed by atoms with Crippen LogP contribution < -0.4 is 0 Å². The van der Waals surface area contributed by atoms with Gasteiger partial charge in [-0.3, -0.25) is 4.79 Å². The molecule has 1 aromatic carbocycles. The van der Waals surface area contributed by atoms with Crippen LogP contribution in [0.5, 0.6) is 0 Å². The van der Waals surface area contributed by atoms with Crippen molar-refractivity contribution in [3.63, 3.8) is 0 Å². The van der Waals surface area contributed by atoms with Crippen LogP contribution in [-0.2, 0) is 4.79 Å². The maximum absolute atomic E-state index is 12.0. The number of carbonyl (C=O) groups is 1. The molecule has 0 atom stereocenters. The molecular weight excluding hydrogens is 364 g/mol. The van der Waals surface area contributed by atoms with Crippen LogP contribution in [0.3, 0.4) is 0 Å². The third kappa shape index (κ3) is 6.05. The zero-order chi connectivity index (χ0) is 22.1. The van der Waals surface area contributed by atoms with E-state index in [1.807, 2.05) is 13.0 Å². The highest BCUT2D eigenvalue weighted by Crippen LogP contribution is 2.37. The second-order valence-corrected chi connectivity index (χ2v) is 8.62. The van der Waals surface area contributed by atoms with Crippen LogP contribution in [0.2, 0.25) is 0 Å². The van der Waals surface area contributed by atoms with Crippen molar-refractivity contribution in [3.05, 3.63) is 82.5 Å². The predicted octanol–water partition coefficient (Wildman–Crippen LogP) is 8.42. The molecule has 1 aliphatic rings. The largest absolute Gasteiger partial charge is 0.298 e. The normalized spacial score (nSPS) is 17.6. The lowest BCUT2D eigenvalue weighted by Gasteiger charge is -2.22. The molecule has 0 unspecified atom stereocenters. The molecule has 1 fully saturated rings. The van der Waals surface area contributed by atoms with Gasteiger partial charge in [-0.25, -0.2) is 0 Å². The Morgan fingerprint density at radius 2 is 1.80 bits per heavy atom. The molecule has 2 rings (SSSR count). The molecule has 1 saturated carbocycles. The summed E-state index contributed by atoms with van der Waals surface area (Å²) in [6.45, 7) is 14.4. The molecule has 1 aliphatic carbocycles. The third-order valence-corrected chi connectivity index (χ3v) is 6.23. The summed E-state index contributed by atoms with van der Waals surface area (Å²) >= 11 is 0. The van der Waals surface area contributed by atoms with Crippen LogP contribution >= 0.6 is 0 Å². The van der Waals surface area contributed by atoms with Crippen LogP contribution in [0.1, 0.15) is 82.9 Å². The molecule has 30 heavy (non-hydrogen) atoms. The average Bonchev–Trinajstić information content (AvgIpc) is 2.76. The third-order valence-electron chi connectivity index (χ3n) is 6.23. The molecule has 1 aromatic rings. The van der Waals surface area contributed by atoms with E-state index in [0.29, 0.717) is 5.92 Å². The van der Waals surface area contributed by atoms with Crippen molar-refractivity contribution < 1.29 is 4.79 Å². The van der Waals surface area contributed by atoms with Crippen molar-refractivity contribution in [3.8, 4) is 0 Å². The minimum Gasteiger partial charge on any atom is -0.298 e. The van der Waals surface area contributed by atoms with Crippen molar-refractivity contribution in [2.24, 2.45) is 5.92 Å². The molecule has 0 radical (unpaired) electrons. The van der Waals surface area contributed by atoms with Gasteiger partial charge in [0.05, 0.1) is 0 Å². The number of aryl methyl sites for hydroxylation is 1. The Balaban J connectivity index is 2.72. The predicted molar refractivity (Wildman–Crippen MR) is 132 cm³/mol. The summed E-state index contributed by atoms with van der Waals surface area (Å²) in [4.78, 5) is 12.0. The van der Waals surface area contributed by atoms with Crippen molar-refractivity contribution in [1.29, 1.82) is 0 Å². The lowest BCUT2D eigenvalue weighted by Crippen LogP contribution is -2.05. The molecule has 1 nitrogen and oxygen atoms in total. The lowest BCUT2D eigenvalue weighted by molar-refractivity contribution is -0.104. The van der Waals surface area contributed by atoms with Gasteiger partial charge in [0.1, 0.15) is 6.29 Å². The summed E-state index contributed by atoms with van der Waals surface area (Å²) < 4.78 is 0. The number of benzene rings is 1. The van der Waals surface area contributed by atoms with Crippen molar-refractivity contribution in [2.75, 3.05) is 0 Å². The standard InChI is InChI=1S/C29H38O/c1-7-9-15-27(22(4)8-2)29(24(6)20-30)28-18-21(3)16-17-26(28)23(5)19-25-13-11-10-12-14-25/h7,9,15-20,25H,1,8,10-14H2,2-6H3/b15-9-,23-19-,27-22-,29-24+. The average molecular weight is 403 g/mol. The molecule has 1 heteroatoms. The van der Waals surface area contributed by atoms with E-state index in [-0.39, 0.29) is 0 Å². The number of rotatable bonds is 8. The van der Waals surface area contributed by atoms with Gasteiger partial charge in [0.15, 0.2) is 0 Å². The summed E-state index contributed by atoms with van der Waals surface area (Å²) in [5.41, 5.74) is 9.11. The van der Waals surface area contributed by atoms with Crippen molar-refractivity contribution >= 4 is 17.4 Å². The lowest BCUT2D eigenvalue weighted by atomic mass is 9.83. The maximum Gasteiger partial charge on any atom is 0.146 e.